The van der Waals surface area contributed by atoms with E-state index in [-0.39, 0.29) is 6.10 Å². The second-order valence-corrected chi connectivity index (χ2v) is 5.53. The molecular formula is C8H18NO4P. The molecule has 0 aromatic heterocycles. The maximum atomic E-state index is 11.7. The molecule has 0 aromatic carbocycles. The highest BCUT2D eigenvalue weighted by atomic mass is 31.2. The van der Waals surface area contributed by atoms with E-state index >= 15 is 0 Å². The van der Waals surface area contributed by atoms with E-state index in [2.05, 4.69) is 9.82 Å². The van der Waals surface area contributed by atoms with Crippen molar-refractivity contribution in [3.63, 3.8) is 0 Å². The van der Waals surface area contributed by atoms with Crippen molar-refractivity contribution in [2.45, 2.75) is 32.9 Å². The van der Waals surface area contributed by atoms with E-state index in [1.807, 2.05) is 0 Å². The molecule has 6 heteroatoms. The van der Waals surface area contributed by atoms with Crippen LogP contribution in [0.5, 0.6) is 0 Å². The van der Waals surface area contributed by atoms with Crippen molar-refractivity contribution in [3.8, 4) is 0 Å². The van der Waals surface area contributed by atoms with Crippen LogP contribution in [0.15, 0.2) is 0 Å². The highest BCUT2D eigenvalue weighted by Gasteiger charge is 2.24. The second-order valence-electron chi connectivity index (χ2n) is 3.37. The fourth-order valence-electron chi connectivity index (χ4n) is 1.01. The quantitative estimate of drug-likeness (QED) is 0.563. The van der Waals surface area contributed by atoms with Gasteiger partial charge < -0.3 is 9.26 Å². The van der Waals surface area contributed by atoms with Gasteiger partial charge in [-0.15, -0.1) is 0 Å². The van der Waals surface area contributed by atoms with Crippen LogP contribution in [0.2, 0.25) is 0 Å². The molecule has 14 heavy (non-hydrogen) atoms. The number of ether oxygens (including phenoxy) is 1. The normalized spacial score (nSPS) is 17.6. The lowest BCUT2D eigenvalue weighted by Crippen LogP contribution is -2.33. The Hall–Kier alpha value is -0.380. The van der Waals surface area contributed by atoms with Crippen molar-refractivity contribution in [1.82, 2.24) is 5.09 Å². The molecule has 0 spiro atoms. The lowest BCUT2D eigenvalue weighted by Gasteiger charge is -2.20. The number of carbonyl (C=O) groups is 1. The third-order valence-corrected chi connectivity index (χ3v) is 3.08. The third-order valence-electron chi connectivity index (χ3n) is 1.39. The highest BCUT2D eigenvalue weighted by Crippen LogP contribution is 2.39. The first-order valence-corrected chi connectivity index (χ1v) is 6.47. The molecule has 5 nitrogen and oxygen atoms in total. The van der Waals surface area contributed by atoms with E-state index in [0.717, 1.165) is 0 Å². The highest BCUT2D eigenvalue weighted by molar-refractivity contribution is 7.56. The van der Waals surface area contributed by atoms with Gasteiger partial charge in [-0.05, 0) is 20.8 Å². The Morgan fingerprint density at radius 2 is 1.86 bits per heavy atom. The molecule has 0 aromatic rings. The van der Waals surface area contributed by atoms with Gasteiger partial charge in [-0.1, -0.05) is 0 Å². The standard InChI is InChI=1S/C8H18NO4P/c1-6(2)13-14(5,11)9-7(3)8(10)12-4/h6-7H,1-5H3,(H,9,11)/t7-,14?/m0/s1. The zero-order valence-electron chi connectivity index (χ0n) is 9.23. The van der Waals surface area contributed by atoms with E-state index in [0.29, 0.717) is 0 Å². The van der Waals surface area contributed by atoms with E-state index in [4.69, 9.17) is 4.52 Å². The number of hydrogen-bond donors (Lipinski definition) is 1. The SMILES string of the molecule is COC(=O)[C@H](C)NP(C)(=O)OC(C)C. The molecule has 1 N–H and O–H groups in total. The van der Waals surface area contributed by atoms with Crippen LogP contribution >= 0.6 is 7.52 Å². The van der Waals surface area contributed by atoms with Crippen molar-refractivity contribution in [1.29, 1.82) is 0 Å². The molecule has 0 radical (unpaired) electrons. The maximum Gasteiger partial charge on any atom is 0.323 e. The molecular weight excluding hydrogens is 205 g/mol. The van der Waals surface area contributed by atoms with Gasteiger partial charge in [0.25, 0.3) is 7.52 Å². The molecule has 0 amide bonds. The minimum absolute atomic E-state index is 0.150. The van der Waals surface area contributed by atoms with Crippen LogP contribution in [0.4, 0.5) is 0 Å². The summed E-state index contributed by atoms with van der Waals surface area (Å²) >= 11 is 0. The Bertz CT molecular complexity index is 241. The average Bonchev–Trinajstić information content (AvgIpc) is 1.99. The molecule has 0 bridgehead atoms. The topological polar surface area (TPSA) is 64.6 Å². The van der Waals surface area contributed by atoms with Crippen LogP contribution in [-0.2, 0) is 18.6 Å². The van der Waals surface area contributed by atoms with Crippen molar-refractivity contribution in [2.24, 2.45) is 0 Å². The predicted molar refractivity (Wildman–Crippen MR) is 54.4 cm³/mol. The summed E-state index contributed by atoms with van der Waals surface area (Å²) in [6, 6.07) is -0.630. The summed E-state index contributed by atoms with van der Waals surface area (Å²) in [6.07, 6.45) is -0.150. The first-order chi connectivity index (χ1) is 6.28. The van der Waals surface area contributed by atoms with Crippen molar-refractivity contribution < 1.29 is 18.6 Å². The van der Waals surface area contributed by atoms with Gasteiger partial charge in [-0.3, -0.25) is 9.36 Å². The Morgan fingerprint density at radius 3 is 2.21 bits per heavy atom. The van der Waals surface area contributed by atoms with Gasteiger partial charge in [0, 0.05) is 6.66 Å². The van der Waals surface area contributed by atoms with Crippen molar-refractivity contribution in [3.05, 3.63) is 0 Å². The van der Waals surface area contributed by atoms with Crippen LogP contribution in [0, 0.1) is 0 Å². The van der Waals surface area contributed by atoms with Crippen LogP contribution in [-0.4, -0.2) is 31.9 Å². The van der Waals surface area contributed by atoms with Crippen molar-refractivity contribution in [2.75, 3.05) is 13.8 Å². The minimum Gasteiger partial charge on any atom is -0.468 e. The summed E-state index contributed by atoms with van der Waals surface area (Å²) in [4.78, 5) is 11.0. The number of nitrogens with one attached hydrogen (secondary N) is 1. The number of rotatable bonds is 5. The van der Waals surface area contributed by atoms with Crippen molar-refractivity contribution >= 4 is 13.5 Å². The first kappa shape index (κ1) is 13.6. The van der Waals surface area contributed by atoms with Gasteiger partial charge in [0.1, 0.15) is 6.04 Å². The number of carbonyl (C=O) groups excluding carboxylic acids is 1. The Kier molecular flexibility index (Phi) is 5.34. The predicted octanol–water partition coefficient (Wildman–Crippen LogP) is 1.39. The Balaban J connectivity index is 4.22. The molecule has 0 aliphatic heterocycles. The van der Waals surface area contributed by atoms with Gasteiger partial charge in [0.05, 0.1) is 13.2 Å². The number of esters is 1. The fraction of sp³-hybridized carbons (Fsp3) is 0.875. The van der Waals surface area contributed by atoms with E-state index in [9.17, 15) is 9.36 Å². The molecule has 2 atom stereocenters. The summed E-state index contributed by atoms with van der Waals surface area (Å²) in [5.74, 6) is -0.459. The largest absolute Gasteiger partial charge is 0.468 e. The second kappa shape index (κ2) is 5.49. The maximum absolute atomic E-state index is 11.7. The molecule has 84 valence electrons. The number of hydrogen-bond acceptors (Lipinski definition) is 4. The van der Waals surface area contributed by atoms with Crippen LogP contribution in [0.1, 0.15) is 20.8 Å². The van der Waals surface area contributed by atoms with E-state index in [1.165, 1.54) is 13.8 Å². The van der Waals surface area contributed by atoms with Gasteiger partial charge in [0.2, 0.25) is 0 Å². The molecule has 0 aliphatic carbocycles. The zero-order valence-corrected chi connectivity index (χ0v) is 10.1. The number of methoxy groups -OCH3 is 1. The summed E-state index contributed by atoms with van der Waals surface area (Å²) in [6.45, 7) is 6.57. The molecule has 0 aliphatic rings. The Labute approximate surface area is 84.7 Å². The molecule has 0 rings (SSSR count). The van der Waals surface area contributed by atoms with E-state index in [1.54, 1.807) is 20.8 Å². The zero-order chi connectivity index (χ0) is 11.4. The smallest absolute Gasteiger partial charge is 0.323 e. The minimum atomic E-state index is -2.92. The summed E-state index contributed by atoms with van der Waals surface area (Å²) in [5, 5.41) is 2.60. The third kappa shape index (κ3) is 5.37. The lowest BCUT2D eigenvalue weighted by atomic mass is 10.4. The van der Waals surface area contributed by atoms with Gasteiger partial charge in [0.15, 0.2) is 0 Å². The monoisotopic (exact) mass is 223 g/mol. The summed E-state index contributed by atoms with van der Waals surface area (Å²) in [7, 11) is -1.64. The summed E-state index contributed by atoms with van der Waals surface area (Å²) in [5.41, 5.74) is 0. The lowest BCUT2D eigenvalue weighted by molar-refractivity contribution is -0.142. The average molecular weight is 223 g/mol. The molecule has 0 heterocycles. The Morgan fingerprint density at radius 1 is 1.36 bits per heavy atom. The molecule has 0 saturated carbocycles. The van der Waals surface area contributed by atoms with Crippen LogP contribution in [0.25, 0.3) is 0 Å². The summed E-state index contributed by atoms with van der Waals surface area (Å²) < 4.78 is 21.3. The molecule has 0 saturated heterocycles. The fourth-order valence-corrected chi connectivity index (χ4v) is 2.69. The van der Waals surface area contributed by atoms with Gasteiger partial charge in [-0.25, -0.2) is 5.09 Å². The van der Waals surface area contributed by atoms with Crippen LogP contribution < -0.4 is 5.09 Å². The first-order valence-electron chi connectivity index (χ1n) is 4.40. The van der Waals surface area contributed by atoms with Crippen LogP contribution in [0.3, 0.4) is 0 Å². The van der Waals surface area contributed by atoms with E-state index < -0.39 is 19.5 Å². The molecule has 0 fully saturated rings. The van der Waals surface area contributed by atoms with Gasteiger partial charge in [-0.2, -0.15) is 0 Å². The molecule has 1 unspecified atom stereocenters. The van der Waals surface area contributed by atoms with Gasteiger partial charge >= 0.3 is 5.97 Å².